The van der Waals surface area contributed by atoms with Gasteiger partial charge in [-0.05, 0) is 81.4 Å². The smallest absolute Gasteiger partial charge is 0.323 e. The fraction of sp³-hybridized carbons (Fsp3) is 0.452. The highest BCUT2D eigenvalue weighted by Gasteiger charge is 2.23. The first-order valence-electron chi connectivity index (χ1n) is 13.2. The summed E-state index contributed by atoms with van der Waals surface area (Å²) in [6.07, 6.45) is 10.8. The second kappa shape index (κ2) is 11.3. The molecule has 0 bridgehead atoms. The zero-order valence-corrected chi connectivity index (χ0v) is 22.0. The summed E-state index contributed by atoms with van der Waals surface area (Å²) >= 11 is 0. The fourth-order valence-corrected chi connectivity index (χ4v) is 4.98. The van der Waals surface area contributed by atoms with Gasteiger partial charge in [-0.25, -0.2) is 9.97 Å². The maximum Gasteiger partial charge on any atom is 0.323 e. The summed E-state index contributed by atoms with van der Waals surface area (Å²) in [5, 5.41) is 0. The molecule has 1 atom stereocenters. The number of benzene rings is 2. The third-order valence-corrected chi connectivity index (χ3v) is 7.17. The standard InChI is InChI=1S/C31H39N3O2/c1-5-21-6-10-23(11-7-21)24-14-16-25(17-15-24)27-19-33-29(34-20-27)26-12-8-22(9-13-26)18-28(32)30(35)36-31(2,3)4/h8-9,12-17,19-21,23,28H,5-7,10-11,18,32H2,1-4H3/t21?,23?,28-/m0/s1. The molecule has 2 N–H and O–H groups in total. The van der Waals surface area contributed by atoms with E-state index in [9.17, 15) is 4.79 Å². The Bertz CT molecular complexity index is 1120. The Balaban J connectivity index is 1.36. The number of carbonyl (C=O) groups is 1. The number of rotatable bonds is 7. The van der Waals surface area contributed by atoms with Crippen LogP contribution in [0, 0.1) is 5.92 Å². The molecule has 190 valence electrons. The lowest BCUT2D eigenvalue weighted by molar-refractivity contribution is -0.156. The molecule has 1 aliphatic rings. The van der Waals surface area contributed by atoms with E-state index in [1.807, 2.05) is 57.4 Å². The summed E-state index contributed by atoms with van der Waals surface area (Å²) in [6.45, 7) is 7.83. The molecule has 0 amide bonds. The highest BCUT2D eigenvalue weighted by Crippen LogP contribution is 2.37. The monoisotopic (exact) mass is 485 g/mol. The molecule has 0 spiro atoms. The van der Waals surface area contributed by atoms with Gasteiger partial charge in [-0.2, -0.15) is 0 Å². The molecule has 1 aromatic heterocycles. The van der Waals surface area contributed by atoms with Gasteiger partial charge in [0.2, 0.25) is 0 Å². The third kappa shape index (κ3) is 6.79. The predicted molar refractivity (Wildman–Crippen MR) is 145 cm³/mol. The van der Waals surface area contributed by atoms with Crippen molar-refractivity contribution in [3.8, 4) is 22.5 Å². The number of hydrogen-bond donors (Lipinski definition) is 1. The number of ether oxygens (including phenoxy) is 1. The van der Waals surface area contributed by atoms with Crippen LogP contribution in [-0.2, 0) is 16.0 Å². The van der Waals surface area contributed by atoms with Crippen LogP contribution in [0.5, 0.6) is 0 Å². The number of aromatic nitrogens is 2. The topological polar surface area (TPSA) is 78.1 Å². The molecule has 2 aromatic carbocycles. The van der Waals surface area contributed by atoms with Crippen molar-refractivity contribution in [3.05, 3.63) is 72.1 Å². The Morgan fingerprint density at radius 1 is 0.917 bits per heavy atom. The zero-order valence-electron chi connectivity index (χ0n) is 22.0. The van der Waals surface area contributed by atoms with Gasteiger partial charge in [0.15, 0.2) is 5.82 Å². The molecule has 5 nitrogen and oxygen atoms in total. The largest absolute Gasteiger partial charge is 0.459 e. The molecule has 1 aliphatic carbocycles. The first-order valence-corrected chi connectivity index (χ1v) is 13.2. The van der Waals surface area contributed by atoms with E-state index >= 15 is 0 Å². The first kappa shape index (κ1) is 26.0. The van der Waals surface area contributed by atoms with Crippen LogP contribution >= 0.6 is 0 Å². The Kier molecular flexibility index (Phi) is 8.20. The quantitative estimate of drug-likeness (QED) is 0.377. The number of hydrogen-bond acceptors (Lipinski definition) is 5. The molecule has 0 unspecified atom stereocenters. The van der Waals surface area contributed by atoms with Crippen LogP contribution in [0.3, 0.4) is 0 Å². The van der Waals surface area contributed by atoms with Crippen molar-refractivity contribution in [1.82, 2.24) is 9.97 Å². The van der Waals surface area contributed by atoms with Crippen molar-refractivity contribution in [3.63, 3.8) is 0 Å². The van der Waals surface area contributed by atoms with E-state index in [-0.39, 0.29) is 5.97 Å². The van der Waals surface area contributed by atoms with Crippen LogP contribution < -0.4 is 5.73 Å². The Hall–Kier alpha value is -3.05. The highest BCUT2D eigenvalue weighted by atomic mass is 16.6. The molecular weight excluding hydrogens is 446 g/mol. The van der Waals surface area contributed by atoms with Crippen LogP contribution in [0.2, 0.25) is 0 Å². The Labute approximate surface area is 215 Å². The lowest BCUT2D eigenvalue weighted by Crippen LogP contribution is -2.38. The summed E-state index contributed by atoms with van der Waals surface area (Å²) in [4.78, 5) is 21.4. The third-order valence-electron chi connectivity index (χ3n) is 7.17. The molecular formula is C31H39N3O2. The maximum atomic E-state index is 12.2. The second-order valence-electron chi connectivity index (χ2n) is 11.1. The molecule has 5 heteroatoms. The minimum Gasteiger partial charge on any atom is -0.459 e. The van der Waals surface area contributed by atoms with Crippen molar-refractivity contribution in [2.45, 2.75) is 83.8 Å². The van der Waals surface area contributed by atoms with Gasteiger partial charge in [0.1, 0.15) is 11.6 Å². The molecule has 1 saturated carbocycles. The van der Waals surface area contributed by atoms with E-state index in [0.717, 1.165) is 28.2 Å². The van der Waals surface area contributed by atoms with Gasteiger partial charge in [-0.1, -0.05) is 61.9 Å². The van der Waals surface area contributed by atoms with Crippen LogP contribution in [0.1, 0.15) is 76.8 Å². The maximum absolute atomic E-state index is 12.2. The molecule has 0 saturated heterocycles. The SMILES string of the molecule is CCC1CCC(c2ccc(-c3cnc(-c4ccc(C[C@H](N)C(=O)OC(C)(C)C)cc4)nc3)cc2)CC1. The van der Waals surface area contributed by atoms with Crippen molar-refractivity contribution >= 4 is 5.97 Å². The molecule has 36 heavy (non-hydrogen) atoms. The van der Waals surface area contributed by atoms with Gasteiger partial charge in [0, 0.05) is 23.5 Å². The van der Waals surface area contributed by atoms with Crippen molar-refractivity contribution < 1.29 is 9.53 Å². The van der Waals surface area contributed by atoms with E-state index in [1.54, 1.807) is 0 Å². The minimum atomic E-state index is -0.691. The van der Waals surface area contributed by atoms with Crippen molar-refractivity contribution in [2.24, 2.45) is 11.7 Å². The van der Waals surface area contributed by atoms with Crippen LogP contribution in [0.4, 0.5) is 0 Å². The van der Waals surface area contributed by atoms with Crippen molar-refractivity contribution in [2.75, 3.05) is 0 Å². The molecule has 1 heterocycles. The van der Waals surface area contributed by atoms with Crippen LogP contribution in [0.15, 0.2) is 60.9 Å². The summed E-state index contributed by atoms with van der Waals surface area (Å²) < 4.78 is 5.37. The molecule has 1 fully saturated rings. The van der Waals surface area contributed by atoms with E-state index in [0.29, 0.717) is 18.2 Å². The van der Waals surface area contributed by atoms with E-state index < -0.39 is 11.6 Å². The number of nitrogens with two attached hydrogens (primary N) is 1. The average molecular weight is 486 g/mol. The highest BCUT2D eigenvalue weighted by molar-refractivity contribution is 5.76. The summed E-state index contributed by atoms with van der Waals surface area (Å²) in [5.41, 5.74) is 11.0. The summed E-state index contributed by atoms with van der Waals surface area (Å²) in [6, 6.07) is 16.1. The summed E-state index contributed by atoms with van der Waals surface area (Å²) in [5.74, 6) is 1.90. The first-order chi connectivity index (χ1) is 17.2. The molecule has 4 rings (SSSR count). The lowest BCUT2D eigenvalue weighted by atomic mass is 9.78. The van der Waals surface area contributed by atoms with E-state index in [2.05, 4.69) is 41.2 Å². The van der Waals surface area contributed by atoms with Gasteiger partial charge < -0.3 is 10.5 Å². The number of carbonyl (C=O) groups excluding carboxylic acids is 1. The van der Waals surface area contributed by atoms with Gasteiger partial charge in [-0.3, -0.25) is 4.79 Å². The summed E-state index contributed by atoms with van der Waals surface area (Å²) in [7, 11) is 0. The second-order valence-corrected chi connectivity index (χ2v) is 11.1. The molecule has 3 aromatic rings. The van der Waals surface area contributed by atoms with Gasteiger partial charge in [0.05, 0.1) is 0 Å². The fourth-order valence-electron chi connectivity index (χ4n) is 4.98. The Morgan fingerprint density at radius 3 is 2.06 bits per heavy atom. The molecule has 0 radical (unpaired) electrons. The van der Waals surface area contributed by atoms with Gasteiger partial charge in [-0.15, -0.1) is 0 Å². The predicted octanol–water partition coefficient (Wildman–Crippen LogP) is 6.71. The van der Waals surface area contributed by atoms with Crippen LogP contribution in [0.25, 0.3) is 22.5 Å². The van der Waals surface area contributed by atoms with Gasteiger partial charge >= 0.3 is 5.97 Å². The Morgan fingerprint density at radius 2 is 1.50 bits per heavy atom. The van der Waals surface area contributed by atoms with Gasteiger partial charge in [0.25, 0.3) is 0 Å². The van der Waals surface area contributed by atoms with E-state index in [1.165, 1.54) is 37.7 Å². The van der Waals surface area contributed by atoms with Crippen LogP contribution in [-0.4, -0.2) is 27.6 Å². The van der Waals surface area contributed by atoms with Crippen molar-refractivity contribution in [1.29, 1.82) is 0 Å². The minimum absolute atomic E-state index is 0.387. The normalized spacial score (nSPS) is 19.0. The molecule has 0 aliphatic heterocycles. The van der Waals surface area contributed by atoms with E-state index in [4.69, 9.17) is 10.5 Å². The lowest BCUT2D eigenvalue weighted by Gasteiger charge is -2.28. The zero-order chi connectivity index (χ0) is 25.7. The average Bonchev–Trinajstić information content (AvgIpc) is 2.88. The number of nitrogens with zero attached hydrogens (tertiary/aromatic N) is 2. The number of esters is 1.